The monoisotopic (exact) mass is 644 g/mol. The Balaban J connectivity index is 1.78. The highest BCUT2D eigenvalue weighted by atomic mass is 35.5. The van der Waals surface area contributed by atoms with Crippen LogP contribution in [0.15, 0.2) is 52.5 Å². The Morgan fingerprint density at radius 2 is 1.77 bits per heavy atom. The predicted molar refractivity (Wildman–Crippen MR) is 172 cm³/mol. The number of fused-ring (bicyclic) bond motifs is 1. The van der Waals surface area contributed by atoms with Crippen LogP contribution >= 0.6 is 35.0 Å². The van der Waals surface area contributed by atoms with Gasteiger partial charge in [0.05, 0.1) is 29.8 Å². The number of nitrogens with zero attached hydrogens (tertiary/aromatic N) is 3. The first-order valence-corrected chi connectivity index (χ1v) is 15.5. The fourth-order valence-corrected chi connectivity index (χ4v) is 5.63. The van der Waals surface area contributed by atoms with E-state index in [-0.39, 0.29) is 27.1 Å². The second-order valence-electron chi connectivity index (χ2n) is 10.9. The summed E-state index contributed by atoms with van der Waals surface area (Å²) in [6.45, 7) is 8.07. The minimum absolute atomic E-state index is 0.115. The molecule has 0 aliphatic heterocycles. The molecule has 43 heavy (non-hydrogen) atoms. The molecular weight excluding hydrogens is 611 g/mol. The van der Waals surface area contributed by atoms with Crippen LogP contribution in [0.3, 0.4) is 0 Å². The highest BCUT2D eigenvalue weighted by Crippen LogP contribution is 2.45. The Hall–Kier alpha value is -3.47. The van der Waals surface area contributed by atoms with E-state index in [2.05, 4.69) is 15.3 Å². The molecule has 9 nitrogen and oxygen atoms in total. The van der Waals surface area contributed by atoms with Crippen molar-refractivity contribution >= 4 is 52.1 Å². The van der Waals surface area contributed by atoms with Crippen molar-refractivity contribution in [3.05, 3.63) is 74.1 Å². The molecule has 0 aliphatic carbocycles. The van der Waals surface area contributed by atoms with E-state index in [9.17, 15) is 9.59 Å². The molecule has 1 N–H and O–H groups in total. The normalized spacial score (nSPS) is 12.2. The molecule has 0 radical (unpaired) electrons. The SMILES string of the molecule is COc1cc(OC)c(Cl)c(-c2cc3cnc(SC)nc3n(CC(C)c3cccc(CNC(=O)OC(C)(C)C)c3)c2=O)c1Cl. The van der Waals surface area contributed by atoms with Crippen LogP contribution in [-0.2, 0) is 17.8 Å². The summed E-state index contributed by atoms with van der Waals surface area (Å²) >= 11 is 14.8. The van der Waals surface area contributed by atoms with E-state index in [1.807, 2.05) is 58.2 Å². The Morgan fingerprint density at radius 3 is 2.37 bits per heavy atom. The maximum absolute atomic E-state index is 14.2. The standard InChI is InChI=1S/C31H34Cl2N4O5S/c1-17(19-10-8-9-18(11-19)14-35-30(39)42-31(2,3)4)16-37-27-20(15-34-29(36-27)43-7)12-21(28(37)38)24-25(32)22(40-5)13-23(41-6)26(24)33/h8-13,15,17H,14,16H2,1-7H3,(H,35,39). The molecule has 228 valence electrons. The van der Waals surface area contributed by atoms with Crippen LogP contribution in [0.2, 0.25) is 10.0 Å². The average molecular weight is 646 g/mol. The number of benzene rings is 2. The topological polar surface area (TPSA) is 105 Å². The molecule has 1 amide bonds. The number of pyridine rings is 1. The van der Waals surface area contributed by atoms with Gasteiger partial charge in [-0.05, 0) is 50.1 Å². The summed E-state index contributed by atoms with van der Waals surface area (Å²) in [5.74, 6) is 0.530. The van der Waals surface area contributed by atoms with Crippen molar-refractivity contribution in [2.75, 3.05) is 20.5 Å². The number of thioether (sulfide) groups is 1. The number of ether oxygens (including phenoxy) is 3. The number of amides is 1. The van der Waals surface area contributed by atoms with Crippen molar-refractivity contribution in [2.45, 2.75) is 57.5 Å². The van der Waals surface area contributed by atoms with E-state index in [4.69, 9.17) is 37.4 Å². The van der Waals surface area contributed by atoms with Crippen LogP contribution in [0.5, 0.6) is 11.5 Å². The molecule has 0 spiro atoms. The van der Waals surface area contributed by atoms with Gasteiger partial charge in [0.15, 0.2) is 5.16 Å². The lowest BCUT2D eigenvalue weighted by atomic mass is 9.98. The van der Waals surface area contributed by atoms with Crippen LogP contribution in [0.1, 0.15) is 44.7 Å². The van der Waals surface area contributed by atoms with Crippen molar-refractivity contribution < 1.29 is 19.0 Å². The van der Waals surface area contributed by atoms with Crippen molar-refractivity contribution in [3.8, 4) is 22.6 Å². The highest BCUT2D eigenvalue weighted by molar-refractivity contribution is 7.98. The van der Waals surface area contributed by atoms with Crippen molar-refractivity contribution in [1.82, 2.24) is 19.9 Å². The molecule has 2 aromatic heterocycles. The van der Waals surface area contributed by atoms with Crippen molar-refractivity contribution in [1.29, 1.82) is 0 Å². The van der Waals surface area contributed by atoms with E-state index in [0.717, 1.165) is 11.1 Å². The molecule has 12 heteroatoms. The molecule has 0 bridgehead atoms. The Labute approximate surface area is 264 Å². The van der Waals surface area contributed by atoms with Gasteiger partial charge in [0.1, 0.15) is 22.7 Å². The first kappa shape index (κ1) is 32.4. The van der Waals surface area contributed by atoms with E-state index in [1.54, 1.807) is 22.9 Å². The zero-order valence-corrected chi connectivity index (χ0v) is 27.4. The fraction of sp³-hybridized carbons (Fsp3) is 0.355. The largest absolute Gasteiger partial charge is 0.495 e. The second kappa shape index (κ2) is 13.4. The van der Waals surface area contributed by atoms with E-state index >= 15 is 0 Å². The Kier molecular flexibility index (Phi) is 10.1. The third kappa shape index (κ3) is 7.37. The maximum atomic E-state index is 14.2. The van der Waals surface area contributed by atoms with Gasteiger partial charge >= 0.3 is 6.09 Å². The van der Waals surface area contributed by atoms with Gasteiger partial charge in [-0.25, -0.2) is 14.8 Å². The molecule has 0 saturated heterocycles. The lowest BCUT2D eigenvalue weighted by Gasteiger charge is -2.20. The van der Waals surface area contributed by atoms with Gasteiger partial charge in [-0.1, -0.05) is 66.2 Å². The van der Waals surface area contributed by atoms with Crippen LogP contribution < -0.4 is 20.3 Å². The molecule has 2 aromatic carbocycles. The molecule has 4 rings (SSSR count). The van der Waals surface area contributed by atoms with Gasteiger partial charge in [0.25, 0.3) is 5.56 Å². The van der Waals surface area contributed by atoms with Crippen LogP contribution in [-0.4, -0.2) is 46.7 Å². The van der Waals surface area contributed by atoms with Gasteiger partial charge in [-0.3, -0.25) is 9.36 Å². The van der Waals surface area contributed by atoms with Crippen molar-refractivity contribution in [3.63, 3.8) is 0 Å². The third-order valence-electron chi connectivity index (χ3n) is 6.64. The fourth-order valence-electron chi connectivity index (χ4n) is 4.59. The molecular formula is C31H34Cl2N4O5S. The zero-order chi connectivity index (χ0) is 31.5. The van der Waals surface area contributed by atoms with Crippen LogP contribution in [0.25, 0.3) is 22.2 Å². The smallest absolute Gasteiger partial charge is 0.407 e. The number of carbonyl (C=O) groups is 1. The molecule has 1 atom stereocenters. The number of aromatic nitrogens is 3. The van der Waals surface area contributed by atoms with E-state index < -0.39 is 11.7 Å². The number of rotatable bonds is 9. The first-order chi connectivity index (χ1) is 20.4. The molecule has 0 fully saturated rings. The number of alkyl carbamates (subject to hydrolysis) is 1. The second-order valence-corrected chi connectivity index (χ2v) is 12.4. The van der Waals surface area contributed by atoms with E-state index in [0.29, 0.717) is 46.3 Å². The molecule has 0 saturated carbocycles. The quantitative estimate of drug-likeness (QED) is 0.149. The Morgan fingerprint density at radius 1 is 1.09 bits per heavy atom. The van der Waals surface area contributed by atoms with Gasteiger partial charge in [0, 0.05) is 36.3 Å². The van der Waals surface area contributed by atoms with Crippen LogP contribution in [0, 0.1) is 0 Å². The number of methoxy groups -OCH3 is 2. The highest BCUT2D eigenvalue weighted by Gasteiger charge is 2.24. The van der Waals surface area contributed by atoms with Gasteiger partial charge < -0.3 is 19.5 Å². The average Bonchev–Trinajstić information content (AvgIpc) is 2.97. The summed E-state index contributed by atoms with van der Waals surface area (Å²) in [6.07, 6.45) is 3.07. The minimum Gasteiger partial charge on any atom is -0.495 e. The summed E-state index contributed by atoms with van der Waals surface area (Å²) in [6, 6.07) is 11.1. The van der Waals surface area contributed by atoms with Gasteiger partial charge in [-0.2, -0.15) is 0 Å². The maximum Gasteiger partial charge on any atom is 0.407 e. The Bertz CT molecular complexity index is 1690. The lowest BCUT2D eigenvalue weighted by Crippen LogP contribution is -2.32. The number of hydrogen-bond donors (Lipinski definition) is 1. The number of halogens is 2. The summed E-state index contributed by atoms with van der Waals surface area (Å²) < 4.78 is 17.9. The summed E-state index contributed by atoms with van der Waals surface area (Å²) in [4.78, 5) is 35.5. The lowest BCUT2D eigenvalue weighted by molar-refractivity contribution is 0.0523. The minimum atomic E-state index is -0.588. The third-order valence-corrected chi connectivity index (χ3v) is 7.96. The number of nitrogens with one attached hydrogen (secondary N) is 1. The molecule has 4 aromatic rings. The number of carbonyl (C=O) groups excluding carboxylic acids is 1. The molecule has 0 aliphatic rings. The summed E-state index contributed by atoms with van der Waals surface area (Å²) in [5.41, 5.74) is 2.02. The number of hydrogen-bond acceptors (Lipinski definition) is 8. The van der Waals surface area contributed by atoms with Crippen molar-refractivity contribution in [2.24, 2.45) is 0 Å². The van der Waals surface area contributed by atoms with Crippen LogP contribution in [0.4, 0.5) is 4.79 Å². The van der Waals surface area contributed by atoms with Gasteiger partial charge in [0.2, 0.25) is 0 Å². The predicted octanol–water partition coefficient (Wildman–Crippen LogP) is 7.33. The molecule has 2 heterocycles. The van der Waals surface area contributed by atoms with E-state index in [1.165, 1.54) is 26.0 Å². The molecule has 1 unspecified atom stereocenters. The summed E-state index contributed by atoms with van der Waals surface area (Å²) in [5, 5.41) is 4.35. The first-order valence-electron chi connectivity index (χ1n) is 13.5. The zero-order valence-electron chi connectivity index (χ0n) is 25.1. The summed E-state index contributed by atoms with van der Waals surface area (Å²) in [7, 11) is 2.96. The van der Waals surface area contributed by atoms with Gasteiger partial charge in [-0.15, -0.1) is 0 Å².